The first kappa shape index (κ1) is 32.6. The number of allylic oxidation sites excluding steroid dienone is 4. The van der Waals surface area contributed by atoms with Crippen molar-refractivity contribution in [3.63, 3.8) is 0 Å². The Hall–Kier alpha value is -1.46. The minimum Gasteiger partial charge on any atom is -1.00 e. The van der Waals surface area contributed by atoms with Crippen molar-refractivity contribution in [2.75, 3.05) is 14.2 Å². The second-order valence-corrected chi connectivity index (χ2v) is 13.0. The molecule has 1 aliphatic rings. The van der Waals surface area contributed by atoms with E-state index in [4.69, 9.17) is 9.47 Å². The van der Waals surface area contributed by atoms with Gasteiger partial charge in [0.25, 0.3) is 0 Å². The molecule has 188 valence electrons. The molecular weight excluding hydrogens is 563 g/mol. The molecule has 3 aromatic rings. The van der Waals surface area contributed by atoms with Gasteiger partial charge in [0.15, 0.2) is 0 Å². The maximum absolute atomic E-state index is 5.63. The first-order valence-corrected chi connectivity index (χ1v) is 14.1. The predicted octanol–water partition coefficient (Wildman–Crippen LogP) is -3.41. The van der Waals surface area contributed by atoms with Gasteiger partial charge in [0, 0.05) is 0 Å². The summed E-state index contributed by atoms with van der Waals surface area (Å²) < 4.78 is 11.2. The average Bonchev–Trinajstić information content (AvgIpc) is 3.03. The number of halogens is 3. The Bertz CT molecular complexity index is 1150. The average molecular weight is 594 g/mol. The van der Waals surface area contributed by atoms with Gasteiger partial charge in [0.2, 0.25) is 0 Å². The minimum absolute atomic E-state index is 0. The van der Waals surface area contributed by atoms with Gasteiger partial charge in [-0.1, -0.05) is 0 Å². The van der Waals surface area contributed by atoms with Gasteiger partial charge in [-0.15, -0.1) is 0 Å². The van der Waals surface area contributed by atoms with E-state index in [0.29, 0.717) is 0 Å². The topological polar surface area (TPSA) is 18.5 Å². The van der Waals surface area contributed by atoms with Crippen LogP contribution in [-0.4, -0.2) is 23.0 Å². The van der Waals surface area contributed by atoms with E-state index in [-0.39, 0.29) is 40.9 Å². The van der Waals surface area contributed by atoms with Crippen LogP contribution < -0.4 is 57.1 Å². The Kier molecular flexibility index (Phi) is 12.6. The third-order valence-corrected chi connectivity index (χ3v) is 12.5. The molecule has 0 bridgehead atoms. The summed E-state index contributed by atoms with van der Waals surface area (Å²) in [7, 11) is 1.94. The molecule has 0 aromatic heterocycles. The first-order valence-electron chi connectivity index (χ1n) is 11.4. The SMILES string of the molecule is COc1cc(OC)cc(C2=C(C)C(C)=C(C)[C]2([Ti+3])C[SiH](c2ccccc2)c2ccccc2)c1.[Cl-].[Cl-].[Cl-]. The number of rotatable bonds is 7. The molecular formula is C29H31Cl3O2SiTi. The van der Waals surface area contributed by atoms with Crippen LogP contribution >= 0.6 is 0 Å². The number of benzene rings is 3. The fourth-order valence-electron chi connectivity index (χ4n) is 5.07. The summed E-state index contributed by atoms with van der Waals surface area (Å²) in [5.74, 6) is 1.66. The smallest absolute Gasteiger partial charge is 1.00 e. The van der Waals surface area contributed by atoms with E-state index < -0.39 is 8.80 Å². The Morgan fingerprint density at radius 3 is 1.56 bits per heavy atom. The van der Waals surface area contributed by atoms with E-state index in [1.165, 1.54) is 38.2 Å². The molecule has 0 spiro atoms. The molecule has 0 radical (unpaired) electrons. The van der Waals surface area contributed by atoms with Crippen LogP contribution in [0.4, 0.5) is 0 Å². The second-order valence-electron chi connectivity index (χ2n) is 8.83. The van der Waals surface area contributed by atoms with Crippen molar-refractivity contribution in [1.29, 1.82) is 0 Å². The van der Waals surface area contributed by atoms with Gasteiger partial charge in [-0.05, 0) is 0 Å². The molecule has 0 saturated heterocycles. The van der Waals surface area contributed by atoms with Gasteiger partial charge < -0.3 is 37.2 Å². The Labute approximate surface area is 247 Å². The summed E-state index contributed by atoms with van der Waals surface area (Å²) in [5, 5.41) is 2.98. The van der Waals surface area contributed by atoms with Gasteiger partial charge in [-0.3, -0.25) is 0 Å². The maximum atomic E-state index is 5.63. The molecule has 36 heavy (non-hydrogen) atoms. The molecule has 3 aromatic carbocycles. The van der Waals surface area contributed by atoms with Crippen LogP contribution in [0.3, 0.4) is 0 Å². The molecule has 0 amide bonds. The van der Waals surface area contributed by atoms with Gasteiger partial charge >= 0.3 is 212 Å². The molecule has 1 atom stereocenters. The van der Waals surface area contributed by atoms with Gasteiger partial charge in [-0.25, -0.2) is 0 Å². The molecule has 1 unspecified atom stereocenters. The summed E-state index contributed by atoms with van der Waals surface area (Å²) in [4.78, 5) is 0. The quantitative estimate of drug-likeness (QED) is 0.266. The van der Waals surface area contributed by atoms with Crippen molar-refractivity contribution in [1.82, 2.24) is 0 Å². The Morgan fingerprint density at radius 1 is 0.694 bits per heavy atom. The summed E-state index contributed by atoms with van der Waals surface area (Å²) in [6, 6.07) is 29.6. The molecule has 0 N–H and O–H groups in total. The fraction of sp³-hybridized carbons (Fsp3) is 0.241. The zero-order valence-corrected chi connectivity index (χ0v) is 26.2. The summed E-state index contributed by atoms with van der Waals surface area (Å²) in [6.45, 7) is 6.87. The van der Waals surface area contributed by atoms with Crippen molar-refractivity contribution in [3.05, 3.63) is 101 Å². The van der Waals surface area contributed by atoms with E-state index in [0.717, 1.165) is 17.5 Å². The maximum Gasteiger partial charge on any atom is -1.00 e. The van der Waals surface area contributed by atoms with E-state index in [2.05, 4.69) is 114 Å². The number of ether oxygens (including phenoxy) is 2. The molecule has 0 heterocycles. The third-order valence-electron chi connectivity index (χ3n) is 7.12. The normalized spacial score (nSPS) is 16.8. The standard InChI is InChI=1S/C29H31O2Si.3ClH.Ti/c1-20-21(2)28(29(22(20)3)23-16-24(30-4)18-25(17-23)31-5)19-32(26-12-8-6-9-13-26)27-14-10-7-11-15-27;;;;/h6-18,32H,19H2,1-5H3;3*1H;/q;;;;+3/p-3. The summed E-state index contributed by atoms with van der Waals surface area (Å²) in [5.41, 5.74) is 6.85. The van der Waals surface area contributed by atoms with Gasteiger partial charge in [0.05, 0.1) is 0 Å². The fourth-order valence-corrected chi connectivity index (χ4v) is 10.2. The van der Waals surface area contributed by atoms with Crippen LogP contribution in [0.25, 0.3) is 5.57 Å². The predicted molar refractivity (Wildman–Crippen MR) is 137 cm³/mol. The van der Waals surface area contributed by atoms with Crippen molar-refractivity contribution in [2.24, 2.45) is 0 Å². The minimum atomic E-state index is -1.50. The van der Waals surface area contributed by atoms with Crippen molar-refractivity contribution < 1.29 is 67.1 Å². The summed E-state index contributed by atoms with van der Waals surface area (Å²) in [6.07, 6.45) is 0. The van der Waals surface area contributed by atoms with Crippen LogP contribution in [0.2, 0.25) is 9.76 Å². The van der Waals surface area contributed by atoms with Gasteiger partial charge in [-0.2, -0.15) is 0 Å². The monoisotopic (exact) mass is 592 g/mol. The molecule has 4 rings (SSSR count). The summed E-state index contributed by atoms with van der Waals surface area (Å²) >= 11 is 2.44. The second kappa shape index (κ2) is 13.9. The van der Waals surface area contributed by atoms with Crippen LogP contribution in [0.15, 0.2) is 95.6 Å². The molecule has 2 nitrogen and oxygen atoms in total. The molecule has 1 aliphatic carbocycles. The third kappa shape index (κ3) is 6.33. The van der Waals surface area contributed by atoms with Gasteiger partial charge in [0.1, 0.15) is 0 Å². The van der Waals surface area contributed by atoms with Crippen LogP contribution in [0.5, 0.6) is 11.5 Å². The molecule has 7 heteroatoms. The van der Waals surface area contributed by atoms with Crippen LogP contribution in [-0.2, 0) is 20.4 Å². The van der Waals surface area contributed by atoms with Crippen LogP contribution in [0.1, 0.15) is 26.3 Å². The zero-order chi connectivity index (χ0) is 23.6. The van der Waals surface area contributed by atoms with E-state index in [9.17, 15) is 0 Å². The van der Waals surface area contributed by atoms with Crippen molar-refractivity contribution in [3.8, 4) is 11.5 Å². The molecule has 0 saturated carbocycles. The van der Waals surface area contributed by atoms with Crippen LogP contribution in [0, 0.1) is 0 Å². The number of methoxy groups -OCH3 is 2. The van der Waals surface area contributed by atoms with E-state index in [1.54, 1.807) is 14.2 Å². The van der Waals surface area contributed by atoms with Crippen molar-refractivity contribution in [2.45, 2.75) is 30.5 Å². The Balaban J connectivity index is 0.00000216. The largest absolute Gasteiger partial charge is 1.00 e. The van der Waals surface area contributed by atoms with E-state index in [1.807, 2.05) is 6.07 Å². The number of hydrogen-bond donors (Lipinski definition) is 0. The number of hydrogen-bond acceptors (Lipinski definition) is 2. The van der Waals surface area contributed by atoms with E-state index >= 15 is 0 Å². The molecule has 0 aliphatic heterocycles. The molecule has 0 fully saturated rings. The Morgan fingerprint density at radius 2 is 1.14 bits per heavy atom. The zero-order valence-electron chi connectivity index (χ0n) is 21.2. The van der Waals surface area contributed by atoms with Crippen molar-refractivity contribution >= 4 is 24.7 Å². The first-order chi connectivity index (χ1) is 15.9.